The van der Waals surface area contributed by atoms with Crippen LogP contribution in [0.15, 0.2) is 84.9 Å². The minimum Gasteiger partial charge on any atom is -0.348 e. The highest BCUT2D eigenvalue weighted by Crippen LogP contribution is 2.33. The first kappa shape index (κ1) is 18.7. The lowest BCUT2D eigenvalue weighted by Crippen LogP contribution is -2.20. The first-order valence-electron chi connectivity index (χ1n) is 9.46. The third kappa shape index (κ3) is 3.97. The lowest BCUT2D eigenvalue weighted by Gasteiger charge is -2.06. The average molecular weight is 384 g/mol. The second-order valence-electron chi connectivity index (χ2n) is 6.89. The van der Waals surface area contributed by atoms with Crippen molar-refractivity contribution < 1.29 is 9.18 Å². The molecule has 4 rings (SSSR count). The number of carbonyl (C=O) groups excluding carboxylic acids is 1. The van der Waals surface area contributed by atoms with Gasteiger partial charge in [0.1, 0.15) is 5.82 Å². The van der Waals surface area contributed by atoms with Gasteiger partial charge in [0.2, 0.25) is 5.91 Å². The van der Waals surface area contributed by atoms with Crippen LogP contribution in [0.2, 0.25) is 0 Å². The Morgan fingerprint density at radius 2 is 1.76 bits per heavy atom. The van der Waals surface area contributed by atoms with E-state index in [0.29, 0.717) is 0 Å². The molecule has 0 fully saturated rings. The molecule has 4 aromatic rings. The Morgan fingerprint density at radius 3 is 2.55 bits per heavy atom. The Hall–Kier alpha value is -3.66. The number of benzene rings is 3. The Morgan fingerprint density at radius 1 is 1.00 bits per heavy atom. The quantitative estimate of drug-likeness (QED) is 0.465. The molecule has 0 atom stereocenters. The average Bonchev–Trinajstić information content (AvgIpc) is 3.03. The second kappa shape index (κ2) is 8.15. The molecule has 0 saturated heterocycles. The molecule has 1 aromatic heterocycles. The van der Waals surface area contributed by atoms with Gasteiger partial charge in [0.05, 0.1) is 5.69 Å². The van der Waals surface area contributed by atoms with Gasteiger partial charge in [-0.1, -0.05) is 60.7 Å². The van der Waals surface area contributed by atoms with Crippen LogP contribution in [0.4, 0.5) is 4.39 Å². The van der Waals surface area contributed by atoms with E-state index in [2.05, 4.69) is 34.1 Å². The molecular formula is C25H21FN2O. The van der Waals surface area contributed by atoms with E-state index >= 15 is 0 Å². The molecule has 0 aliphatic rings. The van der Waals surface area contributed by atoms with Crippen molar-refractivity contribution in [1.82, 2.24) is 9.88 Å². The summed E-state index contributed by atoms with van der Waals surface area (Å²) >= 11 is 0. The molecule has 1 N–H and O–H groups in total. The smallest absolute Gasteiger partial charge is 0.244 e. The zero-order valence-corrected chi connectivity index (χ0v) is 16.1. The van der Waals surface area contributed by atoms with Gasteiger partial charge in [-0.2, -0.15) is 0 Å². The first-order chi connectivity index (χ1) is 14.1. The molecule has 29 heavy (non-hydrogen) atoms. The van der Waals surface area contributed by atoms with Crippen molar-refractivity contribution in [2.45, 2.75) is 6.54 Å². The van der Waals surface area contributed by atoms with Crippen molar-refractivity contribution in [3.63, 3.8) is 0 Å². The van der Waals surface area contributed by atoms with Crippen LogP contribution >= 0.6 is 0 Å². The standard InChI is InChI=1S/C25H21FN2O/c1-28-23-13-6-5-12-21(23)22(25(28)19-9-3-2-4-10-19)14-15-24(29)27-17-18-8-7-11-20(26)16-18/h2-16H,17H2,1H3,(H,27,29)/b15-14+. The number of aryl methyl sites for hydroxylation is 1. The topological polar surface area (TPSA) is 34.0 Å². The number of nitrogens with one attached hydrogen (secondary N) is 1. The number of aromatic nitrogens is 1. The summed E-state index contributed by atoms with van der Waals surface area (Å²) < 4.78 is 15.4. The molecule has 0 saturated carbocycles. The fourth-order valence-electron chi connectivity index (χ4n) is 3.59. The Bertz CT molecular complexity index is 1190. The number of hydrogen-bond donors (Lipinski definition) is 1. The SMILES string of the molecule is Cn1c(-c2ccccc2)c(/C=C/C(=O)NCc2cccc(F)c2)c2ccccc21. The minimum absolute atomic E-state index is 0.221. The zero-order chi connectivity index (χ0) is 20.2. The lowest BCUT2D eigenvalue weighted by atomic mass is 10.0. The van der Waals surface area contributed by atoms with E-state index in [4.69, 9.17) is 0 Å². The third-order valence-electron chi connectivity index (χ3n) is 4.95. The molecule has 1 heterocycles. The molecule has 0 unspecified atom stereocenters. The van der Waals surface area contributed by atoms with Crippen LogP contribution in [-0.2, 0) is 18.4 Å². The van der Waals surface area contributed by atoms with Crippen LogP contribution in [0.3, 0.4) is 0 Å². The summed E-state index contributed by atoms with van der Waals surface area (Å²) in [5, 5.41) is 3.90. The Labute approximate surface area is 169 Å². The van der Waals surface area contributed by atoms with E-state index in [1.54, 1.807) is 12.1 Å². The van der Waals surface area contributed by atoms with Gasteiger partial charge in [0, 0.05) is 36.1 Å². The fraction of sp³-hybridized carbons (Fsp3) is 0.0800. The van der Waals surface area contributed by atoms with Crippen molar-refractivity contribution in [2.75, 3.05) is 0 Å². The number of fused-ring (bicyclic) bond motifs is 1. The Kier molecular flexibility index (Phi) is 5.25. The molecule has 3 nitrogen and oxygen atoms in total. The third-order valence-corrected chi connectivity index (χ3v) is 4.95. The predicted molar refractivity (Wildman–Crippen MR) is 116 cm³/mol. The van der Waals surface area contributed by atoms with Crippen LogP contribution < -0.4 is 5.32 Å². The van der Waals surface area contributed by atoms with E-state index in [1.807, 2.05) is 43.5 Å². The van der Waals surface area contributed by atoms with E-state index in [-0.39, 0.29) is 18.3 Å². The maximum Gasteiger partial charge on any atom is 0.244 e. The first-order valence-corrected chi connectivity index (χ1v) is 9.46. The molecule has 0 spiro atoms. The number of para-hydroxylation sites is 1. The van der Waals surface area contributed by atoms with Crippen molar-refractivity contribution in [3.8, 4) is 11.3 Å². The molecular weight excluding hydrogens is 363 g/mol. The molecule has 1 amide bonds. The fourth-order valence-corrected chi connectivity index (χ4v) is 3.59. The van der Waals surface area contributed by atoms with Crippen molar-refractivity contribution in [2.24, 2.45) is 7.05 Å². The van der Waals surface area contributed by atoms with Crippen LogP contribution in [0, 0.1) is 5.82 Å². The van der Waals surface area contributed by atoms with Gasteiger partial charge in [0.15, 0.2) is 0 Å². The molecule has 0 radical (unpaired) electrons. The van der Waals surface area contributed by atoms with Gasteiger partial charge in [0.25, 0.3) is 0 Å². The summed E-state index contributed by atoms with van der Waals surface area (Å²) in [4.78, 5) is 12.4. The van der Waals surface area contributed by atoms with Gasteiger partial charge in [-0.3, -0.25) is 4.79 Å². The minimum atomic E-state index is -0.310. The molecule has 0 bridgehead atoms. The maximum atomic E-state index is 13.3. The van der Waals surface area contributed by atoms with Gasteiger partial charge in [-0.15, -0.1) is 0 Å². The van der Waals surface area contributed by atoms with E-state index in [1.165, 1.54) is 18.2 Å². The highest BCUT2D eigenvalue weighted by atomic mass is 19.1. The summed E-state index contributed by atoms with van der Waals surface area (Å²) in [6.07, 6.45) is 3.39. The predicted octanol–water partition coefficient (Wildman–Crippen LogP) is 5.31. The van der Waals surface area contributed by atoms with Crippen molar-refractivity contribution in [1.29, 1.82) is 0 Å². The summed E-state index contributed by atoms with van der Waals surface area (Å²) in [5.41, 5.74) is 4.97. The van der Waals surface area contributed by atoms with Crippen molar-refractivity contribution >= 4 is 22.9 Å². The van der Waals surface area contributed by atoms with Crippen LogP contribution in [0.5, 0.6) is 0 Å². The van der Waals surface area contributed by atoms with Gasteiger partial charge in [-0.05, 0) is 35.4 Å². The summed E-state index contributed by atoms with van der Waals surface area (Å²) in [7, 11) is 2.03. The number of nitrogens with zero attached hydrogens (tertiary/aromatic N) is 1. The maximum absolute atomic E-state index is 13.3. The van der Waals surface area contributed by atoms with Crippen LogP contribution in [0.1, 0.15) is 11.1 Å². The monoisotopic (exact) mass is 384 g/mol. The Balaban J connectivity index is 1.64. The number of halogens is 1. The van der Waals surface area contributed by atoms with Gasteiger partial charge < -0.3 is 9.88 Å². The highest BCUT2D eigenvalue weighted by Gasteiger charge is 2.14. The number of hydrogen-bond acceptors (Lipinski definition) is 1. The summed E-state index contributed by atoms with van der Waals surface area (Å²) in [6, 6.07) is 24.5. The van der Waals surface area contributed by atoms with E-state index in [0.717, 1.165) is 33.3 Å². The van der Waals surface area contributed by atoms with Crippen molar-refractivity contribution in [3.05, 3.63) is 102 Å². The highest BCUT2D eigenvalue weighted by molar-refractivity contribution is 6.01. The summed E-state index contributed by atoms with van der Waals surface area (Å²) in [5.74, 6) is -0.531. The largest absolute Gasteiger partial charge is 0.348 e. The van der Waals surface area contributed by atoms with Crippen LogP contribution in [-0.4, -0.2) is 10.5 Å². The normalized spacial score (nSPS) is 11.2. The molecule has 0 aliphatic carbocycles. The zero-order valence-electron chi connectivity index (χ0n) is 16.1. The number of carbonyl (C=O) groups is 1. The number of rotatable bonds is 5. The van der Waals surface area contributed by atoms with E-state index < -0.39 is 0 Å². The molecule has 144 valence electrons. The molecule has 3 aromatic carbocycles. The lowest BCUT2D eigenvalue weighted by molar-refractivity contribution is -0.116. The number of amides is 1. The molecule has 4 heteroatoms. The van der Waals surface area contributed by atoms with Gasteiger partial charge in [-0.25, -0.2) is 4.39 Å². The van der Waals surface area contributed by atoms with E-state index in [9.17, 15) is 9.18 Å². The molecule has 0 aliphatic heterocycles. The summed E-state index contributed by atoms with van der Waals surface area (Å²) in [6.45, 7) is 0.280. The second-order valence-corrected chi connectivity index (χ2v) is 6.89. The van der Waals surface area contributed by atoms with Gasteiger partial charge >= 0.3 is 0 Å². The van der Waals surface area contributed by atoms with Crippen LogP contribution in [0.25, 0.3) is 28.2 Å².